The monoisotopic (exact) mass is 343 g/mol. The van der Waals surface area contributed by atoms with E-state index in [1.807, 2.05) is 6.07 Å². The number of non-ortho nitro benzene ring substituents is 1. The Morgan fingerprint density at radius 3 is 2.48 bits per heavy atom. The molecule has 1 amide bonds. The summed E-state index contributed by atoms with van der Waals surface area (Å²) in [5.41, 5.74) is 1.03. The third-order valence-electron chi connectivity index (χ3n) is 4.29. The summed E-state index contributed by atoms with van der Waals surface area (Å²) in [6.07, 6.45) is 0. The van der Waals surface area contributed by atoms with Crippen LogP contribution in [0, 0.1) is 15.9 Å². The van der Waals surface area contributed by atoms with Gasteiger partial charge in [-0.2, -0.15) is 0 Å². The molecule has 1 fully saturated rings. The number of hydrogen-bond acceptors (Lipinski definition) is 4. The molecule has 25 heavy (non-hydrogen) atoms. The molecule has 1 saturated heterocycles. The zero-order chi connectivity index (χ0) is 17.8. The van der Waals surface area contributed by atoms with Crippen LogP contribution in [-0.2, 0) is 6.54 Å². The smallest absolute Gasteiger partial charge is 0.269 e. The van der Waals surface area contributed by atoms with E-state index in [0.29, 0.717) is 32.7 Å². The van der Waals surface area contributed by atoms with Crippen LogP contribution in [0.5, 0.6) is 0 Å². The third kappa shape index (κ3) is 4.00. The van der Waals surface area contributed by atoms with Crippen LogP contribution in [0.25, 0.3) is 0 Å². The zero-order valence-corrected chi connectivity index (χ0v) is 13.6. The summed E-state index contributed by atoms with van der Waals surface area (Å²) in [5, 5.41) is 10.8. The number of rotatable bonds is 4. The molecule has 3 rings (SSSR count). The molecule has 1 heterocycles. The molecular weight excluding hydrogens is 325 g/mol. The predicted molar refractivity (Wildman–Crippen MR) is 90.7 cm³/mol. The van der Waals surface area contributed by atoms with Crippen molar-refractivity contribution < 1.29 is 14.1 Å². The normalized spacial score (nSPS) is 15.2. The molecule has 7 heteroatoms. The summed E-state index contributed by atoms with van der Waals surface area (Å²) >= 11 is 0. The van der Waals surface area contributed by atoms with Crippen LogP contribution in [0.2, 0.25) is 0 Å². The van der Waals surface area contributed by atoms with Crippen molar-refractivity contribution in [1.29, 1.82) is 0 Å². The van der Waals surface area contributed by atoms with Gasteiger partial charge in [0.1, 0.15) is 5.82 Å². The number of hydrogen-bond donors (Lipinski definition) is 0. The number of piperazine rings is 1. The van der Waals surface area contributed by atoms with Crippen molar-refractivity contribution in [3.8, 4) is 0 Å². The second-order valence-corrected chi connectivity index (χ2v) is 5.98. The quantitative estimate of drug-likeness (QED) is 0.632. The molecule has 0 radical (unpaired) electrons. The minimum absolute atomic E-state index is 0.0749. The maximum Gasteiger partial charge on any atom is 0.269 e. The molecule has 6 nitrogen and oxygen atoms in total. The average Bonchev–Trinajstić information content (AvgIpc) is 2.62. The van der Waals surface area contributed by atoms with E-state index in [4.69, 9.17) is 0 Å². The fourth-order valence-electron chi connectivity index (χ4n) is 2.94. The van der Waals surface area contributed by atoms with Crippen LogP contribution in [0.15, 0.2) is 48.5 Å². The van der Waals surface area contributed by atoms with E-state index in [0.717, 1.165) is 5.56 Å². The number of halogens is 1. The Hall–Kier alpha value is -2.80. The number of carbonyl (C=O) groups excluding carboxylic acids is 1. The van der Waals surface area contributed by atoms with Crippen molar-refractivity contribution in [2.24, 2.45) is 0 Å². The highest BCUT2D eigenvalue weighted by Gasteiger charge is 2.24. The van der Waals surface area contributed by atoms with Crippen LogP contribution in [0.4, 0.5) is 10.1 Å². The number of nitrogens with zero attached hydrogens (tertiary/aromatic N) is 3. The number of amides is 1. The van der Waals surface area contributed by atoms with Gasteiger partial charge < -0.3 is 4.90 Å². The lowest BCUT2D eigenvalue weighted by molar-refractivity contribution is -0.384. The molecule has 1 aliphatic heterocycles. The number of benzene rings is 2. The van der Waals surface area contributed by atoms with E-state index in [1.165, 1.54) is 18.2 Å². The lowest BCUT2D eigenvalue weighted by Crippen LogP contribution is -2.48. The van der Waals surface area contributed by atoms with Gasteiger partial charge in [-0.1, -0.05) is 24.3 Å². The van der Waals surface area contributed by atoms with Crippen molar-refractivity contribution in [2.45, 2.75) is 6.54 Å². The molecule has 0 saturated carbocycles. The summed E-state index contributed by atoms with van der Waals surface area (Å²) in [7, 11) is 0. The summed E-state index contributed by atoms with van der Waals surface area (Å²) in [6.45, 7) is 2.87. The first-order chi connectivity index (χ1) is 12.0. The Morgan fingerprint density at radius 2 is 1.80 bits per heavy atom. The lowest BCUT2D eigenvalue weighted by atomic mass is 10.1. The van der Waals surface area contributed by atoms with Gasteiger partial charge >= 0.3 is 0 Å². The topological polar surface area (TPSA) is 66.7 Å². The molecule has 130 valence electrons. The Bertz CT molecular complexity index is 789. The van der Waals surface area contributed by atoms with Gasteiger partial charge in [0.05, 0.1) is 10.5 Å². The summed E-state index contributed by atoms with van der Waals surface area (Å²) in [4.78, 5) is 26.6. The van der Waals surface area contributed by atoms with E-state index in [1.54, 1.807) is 29.2 Å². The Kier molecular flexibility index (Phi) is 5.04. The second kappa shape index (κ2) is 7.40. The van der Waals surface area contributed by atoms with Crippen molar-refractivity contribution in [1.82, 2.24) is 9.80 Å². The minimum Gasteiger partial charge on any atom is -0.336 e. The lowest BCUT2D eigenvalue weighted by Gasteiger charge is -2.34. The van der Waals surface area contributed by atoms with E-state index in [2.05, 4.69) is 4.90 Å². The number of carbonyl (C=O) groups is 1. The standard InChI is InChI=1S/C18H18FN3O3/c19-17-7-2-1-6-16(17)18(23)21-10-8-20(9-11-21)13-14-4-3-5-15(12-14)22(24)25/h1-7,12H,8-11,13H2. The van der Waals surface area contributed by atoms with Gasteiger partial charge in [0, 0.05) is 44.9 Å². The maximum absolute atomic E-state index is 13.7. The summed E-state index contributed by atoms with van der Waals surface area (Å²) in [5.74, 6) is -0.806. The van der Waals surface area contributed by atoms with Crippen molar-refractivity contribution in [3.63, 3.8) is 0 Å². The highest BCUT2D eigenvalue weighted by atomic mass is 19.1. The molecule has 0 unspecified atom stereocenters. The first-order valence-electron chi connectivity index (χ1n) is 8.04. The van der Waals surface area contributed by atoms with Crippen LogP contribution in [0.1, 0.15) is 15.9 Å². The molecule has 0 bridgehead atoms. The molecule has 0 atom stereocenters. The van der Waals surface area contributed by atoms with Crippen molar-refractivity contribution >= 4 is 11.6 Å². The fourth-order valence-corrected chi connectivity index (χ4v) is 2.94. The summed E-state index contributed by atoms with van der Waals surface area (Å²) < 4.78 is 13.7. The largest absolute Gasteiger partial charge is 0.336 e. The van der Waals surface area contributed by atoms with Crippen LogP contribution < -0.4 is 0 Å². The fraction of sp³-hybridized carbons (Fsp3) is 0.278. The van der Waals surface area contributed by atoms with Crippen LogP contribution in [0.3, 0.4) is 0 Å². The van der Waals surface area contributed by atoms with E-state index < -0.39 is 10.7 Å². The van der Waals surface area contributed by atoms with E-state index in [9.17, 15) is 19.3 Å². The van der Waals surface area contributed by atoms with Gasteiger partial charge in [-0.3, -0.25) is 19.8 Å². The molecule has 2 aromatic carbocycles. The highest BCUT2D eigenvalue weighted by molar-refractivity contribution is 5.94. The van der Waals surface area contributed by atoms with Gasteiger partial charge in [0.15, 0.2) is 0 Å². The van der Waals surface area contributed by atoms with Gasteiger partial charge in [0.25, 0.3) is 11.6 Å². The van der Waals surface area contributed by atoms with Crippen molar-refractivity contribution in [3.05, 3.63) is 75.6 Å². The maximum atomic E-state index is 13.7. The Balaban J connectivity index is 1.59. The van der Waals surface area contributed by atoms with Crippen LogP contribution >= 0.6 is 0 Å². The number of nitro groups is 1. The average molecular weight is 343 g/mol. The molecular formula is C18H18FN3O3. The molecule has 0 aromatic heterocycles. The second-order valence-electron chi connectivity index (χ2n) is 5.98. The first kappa shape index (κ1) is 17.0. The minimum atomic E-state index is -0.508. The molecule has 1 aliphatic rings. The molecule has 0 N–H and O–H groups in total. The predicted octanol–water partition coefficient (Wildman–Crippen LogP) is 2.69. The Morgan fingerprint density at radius 1 is 1.08 bits per heavy atom. The first-order valence-corrected chi connectivity index (χ1v) is 8.04. The molecule has 2 aromatic rings. The summed E-state index contributed by atoms with van der Waals surface area (Å²) in [6, 6.07) is 12.5. The third-order valence-corrected chi connectivity index (χ3v) is 4.29. The van der Waals surface area contributed by atoms with Crippen LogP contribution in [-0.4, -0.2) is 46.8 Å². The number of nitro benzene ring substituents is 1. The van der Waals surface area contributed by atoms with E-state index >= 15 is 0 Å². The van der Waals surface area contributed by atoms with Gasteiger partial charge in [-0.25, -0.2) is 4.39 Å². The van der Waals surface area contributed by atoms with Gasteiger partial charge in [-0.05, 0) is 17.7 Å². The van der Waals surface area contributed by atoms with Gasteiger partial charge in [-0.15, -0.1) is 0 Å². The highest BCUT2D eigenvalue weighted by Crippen LogP contribution is 2.17. The van der Waals surface area contributed by atoms with Crippen molar-refractivity contribution in [2.75, 3.05) is 26.2 Å². The molecule has 0 spiro atoms. The zero-order valence-electron chi connectivity index (χ0n) is 13.6. The SMILES string of the molecule is O=C(c1ccccc1F)N1CCN(Cc2cccc([N+](=O)[O-])c2)CC1. The van der Waals surface area contributed by atoms with E-state index in [-0.39, 0.29) is 17.2 Å². The molecule has 0 aliphatic carbocycles. The van der Waals surface area contributed by atoms with Gasteiger partial charge in [0.2, 0.25) is 0 Å². The Labute approximate surface area is 144 Å².